The van der Waals surface area contributed by atoms with Crippen molar-refractivity contribution in [3.05, 3.63) is 65.5 Å². The lowest BCUT2D eigenvalue weighted by Crippen LogP contribution is -2.39. The first-order valence-corrected chi connectivity index (χ1v) is 10.9. The summed E-state index contributed by atoms with van der Waals surface area (Å²) in [6.07, 6.45) is -0.188. The van der Waals surface area contributed by atoms with E-state index in [1.54, 1.807) is 0 Å². The minimum Gasteiger partial charge on any atom is -0.469 e. The Balaban J connectivity index is 2.06. The van der Waals surface area contributed by atoms with Gasteiger partial charge < -0.3 is 15.4 Å². The summed E-state index contributed by atoms with van der Waals surface area (Å²) in [5.74, 6) is -2.30. The normalized spacial score (nSPS) is 12.2. The first-order chi connectivity index (χ1) is 15.0. The highest BCUT2D eigenvalue weighted by Gasteiger charge is 2.21. The molecule has 0 fully saturated rings. The molecule has 2 rings (SSSR count). The van der Waals surface area contributed by atoms with Crippen molar-refractivity contribution < 1.29 is 31.9 Å². The number of nitrogens with one attached hydrogen (secondary N) is 2. The first kappa shape index (κ1) is 25.0. The van der Waals surface area contributed by atoms with Gasteiger partial charge in [0.1, 0.15) is 5.82 Å². The smallest absolute Gasteiger partial charge is 0.307 e. The van der Waals surface area contributed by atoms with E-state index in [0.29, 0.717) is 5.56 Å². The zero-order valence-corrected chi connectivity index (χ0v) is 18.6. The van der Waals surface area contributed by atoms with Gasteiger partial charge in [-0.05, 0) is 35.9 Å². The second-order valence-electron chi connectivity index (χ2n) is 6.95. The predicted octanol–water partition coefficient (Wildman–Crippen LogP) is 1.23. The van der Waals surface area contributed by atoms with E-state index in [1.807, 2.05) is 0 Å². The van der Waals surface area contributed by atoms with Gasteiger partial charge in [-0.2, -0.15) is 0 Å². The van der Waals surface area contributed by atoms with Crippen LogP contribution in [0.25, 0.3) is 0 Å². The van der Waals surface area contributed by atoms with Gasteiger partial charge in [0.15, 0.2) is 0 Å². The molecule has 0 spiro atoms. The molecule has 172 valence electrons. The Labute approximate surface area is 185 Å². The third-order valence-electron chi connectivity index (χ3n) is 4.49. The number of rotatable bonds is 9. The highest BCUT2D eigenvalue weighted by Crippen LogP contribution is 2.18. The number of sulfonamides is 1. The van der Waals surface area contributed by atoms with Crippen molar-refractivity contribution in [1.82, 2.24) is 14.9 Å². The van der Waals surface area contributed by atoms with E-state index in [0.717, 1.165) is 4.31 Å². The standard InChI is InChI=1S/C21H24FN3O6S/c1-25(2)32(29,30)17-6-4-5-15(11-17)21(28)23-13-19(26)24-18(12-20(27)31-3)14-7-9-16(22)10-8-14/h4-11,18H,12-13H2,1-3H3,(H,23,28)(H,24,26). The lowest BCUT2D eigenvalue weighted by molar-refractivity contribution is -0.141. The maximum Gasteiger partial charge on any atom is 0.307 e. The minimum atomic E-state index is -3.72. The first-order valence-electron chi connectivity index (χ1n) is 9.47. The van der Waals surface area contributed by atoms with E-state index < -0.39 is 46.2 Å². The Hall–Kier alpha value is -3.31. The van der Waals surface area contributed by atoms with Crippen molar-refractivity contribution in [1.29, 1.82) is 0 Å². The molecule has 0 bridgehead atoms. The molecular formula is C21H24FN3O6S. The van der Waals surface area contributed by atoms with Crippen LogP contribution in [0.4, 0.5) is 4.39 Å². The monoisotopic (exact) mass is 465 g/mol. The predicted molar refractivity (Wildman–Crippen MR) is 114 cm³/mol. The number of nitrogens with zero attached hydrogens (tertiary/aromatic N) is 1. The van der Waals surface area contributed by atoms with Crippen LogP contribution in [-0.2, 0) is 24.3 Å². The fraction of sp³-hybridized carbons (Fsp3) is 0.286. The molecule has 0 aliphatic carbocycles. The van der Waals surface area contributed by atoms with Crippen LogP contribution in [0, 0.1) is 5.82 Å². The second kappa shape index (κ2) is 10.8. The highest BCUT2D eigenvalue weighted by molar-refractivity contribution is 7.89. The Morgan fingerprint density at radius 3 is 2.34 bits per heavy atom. The molecule has 9 nitrogen and oxygen atoms in total. The molecule has 0 saturated heterocycles. The van der Waals surface area contributed by atoms with Crippen LogP contribution in [0.5, 0.6) is 0 Å². The summed E-state index contributed by atoms with van der Waals surface area (Å²) in [4.78, 5) is 36.4. The molecule has 2 aromatic rings. The third kappa shape index (κ3) is 6.59. The summed E-state index contributed by atoms with van der Waals surface area (Å²) in [7, 11) is 0.227. The van der Waals surface area contributed by atoms with E-state index in [1.165, 1.54) is 69.7 Å². The van der Waals surface area contributed by atoms with Gasteiger partial charge in [0.25, 0.3) is 5.91 Å². The number of halogens is 1. The fourth-order valence-electron chi connectivity index (χ4n) is 2.71. The van der Waals surface area contributed by atoms with Gasteiger partial charge in [-0.25, -0.2) is 17.1 Å². The van der Waals surface area contributed by atoms with Crippen molar-refractivity contribution in [2.24, 2.45) is 0 Å². The maximum absolute atomic E-state index is 13.2. The quantitative estimate of drug-likeness (QED) is 0.537. The highest BCUT2D eigenvalue weighted by atomic mass is 32.2. The van der Waals surface area contributed by atoms with E-state index in [9.17, 15) is 27.2 Å². The second-order valence-corrected chi connectivity index (χ2v) is 9.10. The Morgan fingerprint density at radius 1 is 1.09 bits per heavy atom. The van der Waals surface area contributed by atoms with E-state index in [2.05, 4.69) is 15.4 Å². The van der Waals surface area contributed by atoms with Crippen LogP contribution in [0.15, 0.2) is 53.4 Å². The lowest BCUT2D eigenvalue weighted by atomic mass is 10.0. The molecule has 0 saturated carbocycles. The van der Waals surface area contributed by atoms with Crippen LogP contribution in [-0.4, -0.2) is 58.3 Å². The molecule has 11 heteroatoms. The van der Waals surface area contributed by atoms with Gasteiger partial charge >= 0.3 is 5.97 Å². The molecule has 32 heavy (non-hydrogen) atoms. The summed E-state index contributed by atoms with van der Waals surface area (Å²) in [5.41, 5.74) is 0.545. The van der Waals surface area contributed by atoms with Crippen LogP contribution in [0.1, 0.15) is 28.4 Å². The molecule has 2 amide bonds. The molecule has 0 heterocycles. The molecule has 0 aliphatic heterocycles. The molecule has 0 aromatic heterocycles. The fourth-order valence-corrected chi connectivity index (χ4v) is 3.66. The minimum absolute atomic E-state index is 0.0605. The Bertz CT molecular complexity index is 1090. The number of hydrogen-bond acceptors (Lipinski definition) is 6. The number of ether oxygens (including phenoxy) is 1. The van der Waals surface area contributed by atoms with Crippen molar-refractivity contribution in [3.63, 3.8) is 0 Å². The largest absolute Gasteiger partial charge is 0.469 e. The average molecular weight is 466 g/mol. The van der Waals surface area contributed by atoms with Crippen LogP contribution < -0.4 is 10.6 Å². The SMILES string of the molecule is COC(=O)CC(NC(=O)CNC(=O)c1cccc(S(=O)(=O)N(C)C)c1)c1ccc(F)cc1. The molecule has 0 aliphatic rings. The van der Waals surface area contributed by atoms with Gasteiger partial charge in [-0.15, -0.1) is 0 Å². The molecule has 1 atom stereocenters. The summed E-state index contributed by atoms with van der Waals surface area (Å²) >= 11 is 0. The molecule has 0 radical (unpaired) electrons. The summed E-state index contributed by atoms with van der Waals surface area (Å²) < 4.78 is 43.3. The van der Waals surface area contributed by atoms with Crippen molar-refractivity contribution >= 4 is 27.8 Å². The number of esters is 1. The lowest BCUT2D eigenvalue weighted by Gasteiger charge is -2.18. The average Bonchev–Trinajstić information content (AvgIpc) is 2.77. The molecule has 2 N–H and O–H groups in total. The van der Waals surface area contributed by atoms with E-state index >= 15 is 0 Å². The number of methoxy groups -OCH3 is 1. The van der Waals surface area contributed by atoms with Gasteiger partial charge in [0, 0.05) is 19.7 Å². The number of benzene rings is 2. The summed E-state index contributed by atoms with van der Waals surface area (Å²) in [5, 5.41) is 5.00. The van der Waals surface area contributed by atoms with Crippen LogP contribution >= 0.6 is 0 Å². The maximum atomic E-state index is 13.2. The summed E-state index contributed by atoms with van der Waals surface area (Å²) in [6, 6.07) is 9.87. The Kier molecular flexibility index (Phi) is 8.44. The number of amides is 2. The number of hydrogen-bond donors (Lipinski definition) is 2. The topological polar surface area (TPSA) is 122 Å². The molecule has 1 unspecified atom stereocenters. The number of carbonyl (C=O) groups is 3. The summed E-state index contributed by atoms with van der Waals surface area (Å²) in [6.45, 7) is -0.428. The van der Waals surface area contributed by atoms with Gasteiger partial charge in [-0.3, -0.25) is 14.4 Å². The van der Waals surface area contributed by atoms with Gasteiger partial charge in [-0.1, -0.05) is 18.2 Å². The van der Waals surface area contributed by atoms with Gasteiger partial charge in [0.05, 0.1) is 31.0 Å². The van der Waals surface area contributed by atoms with Crippen molar-refractivity contribution in [2.75, 3.05) is 27.7 Å². The van der Waals surface area contributed by atoms with E-state index in [-0.39, 0.29) is 16.9 Å². The Morgan fingerprint density at radius 2 is 1.75 bits per heavy atom. The zero-order valence-electron chi connectivity index (χ0n) is 17.8. The van der Waals surface area contributed by atoms with Gasteiger partial charge in [0.2, 0.25) is 15.9 Å². The zero-order chi connectivity index (χ0) is 23.9. The van der Waals surface area contributed by atoms with Crippen LogP contribution in [0.2, 0.25) is 0 Å². The molecular weight excluding hydrogens is 441 g/mol. The van der Waals surface area contributed by atoms with Crippen LogP contribution in [0.3, 0.4) is 0 Å². The van der Waals surface area contributed by atoms with Crippen molar-refractivity contribution in [3.8, 4) is 0 Å². The molecule has 2 aromatic carbocycles. The van der Waals surface area contributed by atoms with Crippen molar-refractivity contribution in [2.45, 2.75) is 17.4 Å². The third-order valence-corrected chi connectivity index (χ3v) is 6.30. The number of carbonyl (C=O) groups excluding carboxylic acids is 3. The van der Waals surface area contributed by atoms with E-state index in [4.69, 9.17) is 0 Å².